The molecule has 1 aromatic heterocycles. The van der Waals surface area contributed by atoms with Gasteiger partial charge in [0.25, 0.3) is 0 Å². The number of amides is 1. The number of aromatic amines is 1. The smallest absolute Gasteiger partial charge is 0.456 e. The van der Waals surface area contributed by atoms with Gasteiger partial charge in [-0.15, -0.1) is 10.2 Å². The van der Waals surface area contributed by atoms with Crippen LogP contribution < -0.4 is 4.74 Å². The van der Waals surface area contributed by atoms with Crippen LogP contribution in [-0.4, -0.2) is 50.2 Å². The van der Waals surface area contributed by atoms with Gasteiger partial charge in [0.1, 0.15) is 11.5 Å². The summed E-state index contributed by atoms with van der Waals surface area (Å²) in [5.41, 5.74) is 3.17. The summed E-state index contributed by atoms with van der Waals surface area (Å²) in [6, 6.07) is 12.4. The van der Waals surface area contributed by atoms with E-state index < -0.39 is 18.1 Å². The molecule has 1 N–H and O–H groups in total. The maximum absolute atomic E-state index is 13.1. The van der Waals surface area contributed by atoms with E-state index in [0.29, 0.717) is 29.3 Å². The lowest BCUT2D eigenvalue weighted by atomic mass is 9.91. The molecule has 0 radical (unpaired) electrons. The number of aromatic nitrogens is 4. The number of para-hydroxylation sites is 1. The van der Waals surface area contributed by atoms with Crippen molar-refractivity contribution in [1.82, 2.24) is 25.5 Å². The minimum absolute atomic E-state index is 0.0234. The van der Waals surface area contributed by atoms with E-state index in [9.17, 15) is 18.0 Å². The first kappa shape index (κ1) is 22.5. The molecule has 7 nitrogen and oxygen atoms in total. The summed E-state index contributed by atoms with van der Waals surface area (Å²) in [5.74, 6) is -0.184. The molecule has 0 aliphatic carbocycles. The zero-order valence-corrected chi connectivity index (χ0v) is 18.1. The number of hydrogen-bond donors (Lipinski definition) is 1. The lowest BCUT2D eigenvalue weighted by molar-refractivity contribution is -0.187. The maximum atomic E-state index is 13.1. The molecule has 10 heteroatoms. The van der Waals surface area contributed by atoms with Crippen molar-refractivity contribution in [2.45, 2.75) is 38.9 Å². The normalized spacial score (nSPS) is 14.9. The molecule has 4 rings (SSSR count). The molecule has 33 heavy (non-hydrogen) atoms. The highest BCUT2D eigenvalue weighted by molar-refractivity contribution is 5.89. The summed E-state index contributed by atoms with van der Waals surface area (Å²) in [7, 11) is 0. The first-order chi connectivity index (χ1) is 15.8. The third-order valence-corrected chi connectivity index (χ3v) is 5.62. The van der Waals surface area contributed by atoms with Crippen LogP contribution in [-0.2, 0) is 4.79 Å². The third-order valence-electron chi connectivity index (χ3n) is 5.62. The Labute approximate surface area is 188 Å². The van der Waals surface area contributed by atoms with Crippen LogP contribution in [0.2, 0.25) is 0 Å². The van der Waals surface area contributed by atoms with Crippen LogP contribution in [0.15, 0.2) is 48.5 Å². The van der Waals surface area contributed by atoms with Crippen LogP contribution in [0.1, 0.15) is 37.8 Å². The maximum Gasteiger partial charge on any atom is 0.471 e. The van der Waals surface area contributed by atoms with E-state index >= 15 is 0 Å². The van der Waals surface area contributed by atoms with Gasteiger partial charge in [0, 0.05) is 29.3 Å². The minimum Gasteiger partial charge on any atom is -0.456 e. The van der Waals surface area contributed by atoms with Gasteiger partial charge in [-0.25, -0.2) is 0 Å². The summed E-state index contributed by atoms with van der Waals surface area (Å²) < 4.78 is 45.3. The summed E-state index contributed by atoms with van der Waals surface area (Å²) in [6.07, 6.45) is -2.36. The first-order valence-electron chi connectivity index (χ1n) is 10.6. The Hall–Kier alpha value is -3.69. The van der Waals surface area contributed by atoms with E-state index in [4.69, 9.17) is 4.74 Å². The number of H-pyrrole nitrogens is 1. The minimum atomic E-state index is -4.90. The molecule has 0 saturated carbocycles. The van der Waals surface area contributed by atoms with Gasteiger partial charge in [-0.3, -0.25) is 4.79 Å². The summed E-state index contributed by atoms with van der Waals surface area (Å²) in [4.78, 5) is 12.8. The first-order valence-corrected chi connectivity index (χ1v) is 10.6. The van der Waals surface area contributed by atoms with E-state index in [1.165, 1.54) is 0 Å². The molecule has 2 heterocycles. The van der Waals surface area contributed by atoms with Crippen molar-refractivity contribution in [2.75, 3.05) is 6.54 Å². The number of rotatable bonds is 6. The largest absolute Gasteiger partial charge is 0.471 e. The van der Waals surface area contributed by atoms with E-state index in [1.807, 2.05) is 42.5 Å². The van der Waals surface area contributed by atoms with Crippen molar-refractivity contribution in [1.29, 1.82) is 0 Å². The van der Waals surface area contributed by atoms with Crippen LogP contribution in [0.4, 0.5) is 13.2 Å². The Kier molecular flexibility index (Phi) is 6.17. The van der Waals surface area contributed by atoms with Gasteiger partial charge in [-0.2, -0.15) is 18.4 Å². The third kappa shape index (κ3) is 4.46. The van der Waals surface area contributed by atoms with Gasteiger partial charge in [0.05, 0.1) is 0 Å². The van der Waals surface area contributed by atoms with E-state index in [-0.39, 0.29) is 13.0 Å². The fourth-order valence-electron chi connectivity index (χ4n) is 4.01. The molecule has 172 valence electrons. The molecule has 1 atom stereocenters. The standard InChI is InChI=1S/C23H22F3N5O2/c1-3-15(31(4-2)22(32)23(24,25)26)10-12-16-17-7-5-6-8-19(17)33-20-13-14(9-11-18(16)20)21-27-29-30-28-21/h5-9,11-13,15H,3-4,10H2,1-2H3,(H,27,28,29,30)/b16-12-. The molecular weight excluding hydrogens is 435 g/mol. The number of carbonyl (C=O) groups excluding carboxylic acids is 1. The Morgan fingerprint density at radius 2 is 1.91 bits per heavy atom. The van der Waals surface area contributed by atoms with E-state index in [2.05, 4.69) is 20.6 Å². The highest BCUT2D eigenvalue weighted by Crippen LogP contribution is 2.45. The van der Waals surface area contributed by atoms with Gasteiger partial charge in [0.2, 0.25) is 5.82 Å². The highest BCUT2D eigenvalue weighted by atomic mass is 19.4. The average Bonchev–Trinajstić information content (AvgIpc) is 3.34. The molecule has 2 aromatic carbocycles. The zero-order valence-electron chi connectivity index (χ0n) is 18.1. The number of tetrazole rings is 1. The lowest BCUT2D eigenvalue weighted by Crippen LogP contribution is -2.46. The second-order valence-corrected chi connectivity index (χ2v) is 7.55. The van der Waals surface area contributed by atoms with Crippen molar-refractivity contribution >= 4 is 11.5 Å². The molecule has 1 aliphatic heterocycles. The number of hydrogen-bond acceptors (Lipinski definition) is 5. The summed E-state index contributed by atoms with van der Waals surface area (Å²) in [6.45, 7) is 3.31. The molecule has 1 aliphatic rings. The van der Waals surface area contributed by atoms with Gasteiger partial charge < -0.3 is 9.64 Å². The van der Waals surface area contributed by atoms with Crippen LogP contribution >= 0.6 is 0 Å². The van der Waals surface area contributed by atoms with Crippen molar-refractivity contribution in [3.63, 3.8) is 0 Å². The lowest BCUT2D eigenvalue weighted by Gasteiger charge is -2.31. The zero-order chi connectivity index (χ0) is 23.6. The Balaban J connectivity index is 1.71. The summed E-state index contributed by atoms with van der Waals surface area (Å²) in [5, 5.41) is 14.0. The van der Waals surface area contributed by atoms with Gasteiger partial charge in [-0.1, -0.05) is 37.3 Å². The Bertz CT molecular complexity index is 1180. The molecule has 0 spiro atoms. The van der Waals surface area contributed by atoms with Crippen LogP contribution in [0.25, 0.3) is 17.0 Å². The SMILES string of the molecule is CCC(C/C=C1/c2ccccc2Oc2cc(-c3nn[nH]n3)ccc21)N(CC)C(=O)C(F)(F)F. The Morgan fingerprint density at radius 1 is 1.15 bits per heavy atom. The number of fused-ring (bicyclic) bond motifs is 2. The molecule has 0 bridgehead atoms. The average molecular weight is 457 g/mol. The number of benzene rings is 2. The molecule has 1 unspecified atom stereocenters. The number of halogens is 3. The van der Waals surface area contributed by atoms with E-state index in [1.54, 1.807) is 19.9 Å². The number of nitrogens with zero attached hydrogens (tertiary/aromatic N) is 4. The second kappa shape index (κ2) is 9.05. The number of alkyl halides is 3. The van der Waals surface area contributed by atoms with Crippen molar-refractivity contribution in [3.05, 3.63) is 59.7 Å². The molecule has 0 saturated heterocycles. The summed E-state index contributed by atoms with van der Waals surface area (Å²) >= 11 is 0. The number of nitrogens with one attached hydrogen (secondary N) is 1. The van der Waals surface area contributed by atoms with Crippen LogP contribution in [0.3, 0.4) is 0 Å². The van der Waals surface area contributed by atoms with Gasteiger partial charge >= 0.3 is 12.1 Å². The van der Waals surface area contributed by atoms with Crippen LogP contribution in [0.5, 0.6) is 11.5 Å². The monoisotopic (exact) mass is 457 g/mol. The number of ether oxygens (including phenoxy) is 1. The van der Waals surface area contributed by atoms with Crippen molar-refractivity contribution < 1.29 is 22.7 Å². The molecular formula is C23H22F3N5O2. The highest BCUT2D eigenvalue weighted by Gasteiger charge is 2.43. The van der Waals surface area contributed by atoms with Crippen molar-refractivity contribution in [3.8, 4) is 22.9 Å². The van der Waals surface area contributed by atoms with E-state index in [0.717, 1.165) is 21.6 Å². The molecule has 3 aromatic rings. The fourth-order valence-corrected chi connectivity index (χ4v) is 4.01. The number of carbonyl (C=O) groups is 1. The molecule has 0 fully saturated rings. The van der Waals surface area contributed by atoms with Gasteiger partial charge in [0.15, 0.2) is 0 Å². The Morgan fingerprint density at radius 3 is 2.58 bits per heavy atom. The fraction of sp³-hybridized carbons (Fsp3) is 0.304. The molecule has 1 amide bonds. The van der Waals surface area contributed by atoms with Crippen molar-refractivity contribution in [2.24, 2.45) is 0 Å². The predicted molar refractivity (Wildman–Crippen MR) is 115 cm³/mol. The quantitative estimate of drug-likeness (QED) is 0.441. The predicted octanol–water partition coefficient (Wildman–Crippen LogP) is 4.98. The van der Waals surface area contributed by atoms with Gasteiger partial charge in [-0.05, 0) is 48.8 Å². The second-order valence-electron chi connectivity index (χ2n) is 7.55. The topological polar surface area (TPSA) is 84.0 Å². The van der Waals surface area contributed by atoms with Crippen LogP contribution in [0, 0.1) is 0 Å².